The summed E-state index contributed by atoms with van der Waals surface area (Å²) < 4.78 is 0. The third kappa shape index (κ3) is 11.3. The fraction of sp³-hybridized carbons (Fsp3) is 0.750. The molecule has 0 unspecified atom stereocenters. The highest BCUT2D eigenvalue weighted by Crippen LogP contribution is 2.37. The molecule has 1 nitrogen and oxygen atoms in total. The van der Waals surface area contributed by atoms with Gasteiger partial charge in [-0.15, -0.1) is 23.5 Å². The highest BCUT2D eigenvalue weighted by atomic mass is 32.2. The van der Waals surface area contributed by atoms with Crippen molar-refractivity contribution in [1.29, 1.82) is 0 Å². The summed E-state index contributed by atoms with van der Waals surface area (Å²) in [6.07, 6.45) is 17.0. The Labute approximate surface area is 177 Å². The van der Waals surface area contributed by atoms with E-state index in [2.05, 4.69) is 32.9 Å². The van der Waals surface area contributed by atoms with Crippen LogP contribution >= 0.6 is 23.5 Å². The van der Waals surface area contributed by atoms with Gasteiger partial charge in [-0.3, -0.25) is 0 Å². The Balaban J connectivity index is 2.40. The molecule has 0 saturated heterocycles. The van der Waals surface area contributed by atoms with Crippen molar-refractivity contribution in [2.75, 3.05) is 11.5 Å². The predicted molar refractivity (Wildman–Crippen MR) is 126 cm³/mol. The molecule has 0 aliphatic heterocycles. The number of aryl methyl sites for hydroxylation is 1. The molecule has 0 aliphatic rings. The summed E-state index contributed by atoms with van der Waals surface area (Å²) in [6.45, 7) is 6.68. The van der Waals surface area contributed by atoms with Crippen molar-refractivity contribution in [1.82, 2.24) is 0 Å². The number of hydrogen-bond donors (Lipinski definition) is 1. The van der Waals surface area contributed by atoms with Gasteiger partial charge in [0.25, 0.3) is 0 Å². The molecule has 1 aromatic rings. The van der Waals surface area contributed by atoms with Gasteiger partial charge < -0.3 is 5.11 Å². The fourth-order valence-corrected chi connectivity index (χ4v) is 5.37. The number of rotatable bonds is 17. The number of phenols is 1. The Morgan fingerprint density at radius 2 is 1.19 bits per heavy atom. The largest absolute Gasteiger partial charge is 0.506 e. The monoisotopic (exact) mass is 410 g/mol. The molecule has 0 amide bonds. The van der Waals surface area contributed by atoms with Gasteiger partial charge in [0.2, 0.25) is 0 Å². The Morgan fingerprint density at radius 1 is 0.667 bits per heavy atom. The molecule has 1 rings (SSSR count). The molecule has 3 heteroatoms. The first-order valence-electron chi connectivity index (χ1n) is 11.3. The highest BCUT2D eigenvalue weighted by molar-refractivity contribution is 8.00. The molecular weight excluding hydrogens is 368 g/mol. The van der Waals surface area contributed by atoms with E-state index in [1.54, 1.807) is 0 Å². The van der Waals surface area contributed by atoms with Crippen molar-refractivity contribution in [3.63, 3.8) is 0 Å². The van der Waals surface area contributed by atoms with Crippen LogP contribution < -0.4 is 0 Å². The second kappa shape index (κ2) is 16.7. The Morgan fingerprint density at radius 3 is 1.74 bits per heavy atom. The molecule has 0 bridgehead atoms. The zero-order chi connectivity index (χ0) is 19.7. The van der Waals surface area contributed by atoms with Crippen LogP contribution in [0.2, 0.25) is 0 Å². The summed E-state index contributed by atoms with van der Waals surface area (Å²) in [5.74, 6) is 2.84. The summed E-state index contributed by atoms with van der Waals surface area (Å²) in [4.78, 5) is 2.43. The molecule has 1 N–H and O–H groups in total. The van der Waals surface area contributed by atoms with E-state index in [0.29, 0.717) is 5.75 Å². The van der Waals surface area contributed by atoms with Crippen LogP contribution in [-0.4, -0.2) is 16.6 Å². The summed E-state index contributed by atoms with van der Waals surface area (Å²) in [5, 5.41) is 10.5. The summed E-state index contributed by atoms with van der Waals surface area (Å²) in [7, 11) is 0. The molecule has 0 spiro atoms. The molecule has 156 valence electrons. The second-order valence-electron chi connectivity index (χ2n) is 7.52. The van der Waals surface area contributed by atoms with Crippen molar-refractivity contribution < 1.29 is 5.11 Å². The average Bonchev–Trinajstić information content (AvgIpc) is 2.68. The van der Waals surface area contributed by atoms with E-state index in [4.69, 9.17) is 0 Å². The maximum atomic E-state index is 10.5. The molecule has 0 heterocycles. The summed E-state index contributed by atoms with van der Waals surface area (Å²) >= 11 is 3.81. The zero-order valence-electron chi connectivity index (χ0n) is 18.0. The van der Waals surface area contributed by atoms with E-state index >= 15 is 0 Å². The highest BCUT2D eigenvalue weighted by Gasteiger charge is 2.10. The average molecular weight is 411 g/mol. The van der Waals surface area contributed by atoms with Crippen LogP contribution in [0, 0.1) is 0 Å². The van der Waals surface area contributed by atoms with Gasteiger partial charge >= 0.3 is 0 Å². The number of unbranched alkanes of at least 4 members (excludes halogenated alkanes) is 10. The molecular formula is C24H42OS2. The topological polar surface area (TPSA) is 20.2 Å². The van der Waals surface area contributed by atoms with Crippen molar-refractivity contribution in [2.45, 2.75) is 114 Å². The molecule has 1 aromatic carbocycles. The van der Waals surface area contributed by atoms with Gasteiger partial charge in [0.15, 0.2) is 0 Å². The van der Waals surface area contributed by atoms with Crippen LogP contribution in [0.5, 0.6) is 5.75 Å². The molecule has 27 heavy (non-hydrogen) atoms. The maximum absolute atomic E-state index is 10.5. The minimum absolute atomic E-state index is 0.525. The Kier molecular flexibility index (Phi) is 15.3. The molecule has 0 aromatic heterocycles. The first-order chi connectivity index (χ1) is 13.2. The second-order valence-corrected chi connectivity index (χ2v) is 9.82. The number of phenolic OH excluding ortho intramolecular Hbond substituents is 1. The van der Waals surface area contributed by atoms with Gasteiger partial charge in [-0.05, 0) is 48.5 Å². The summed E-state index contributed by atoms with van der Waals surface area (Å²) in [5.41, 5.74) is 1.10. The van der Waals surface area contributed by atoms with Gasteiger partial charge in [-0.25, -0.2) is 0 Å². The van der Waals surface area contributed by atoms with Crippen LogP contribution in [0.1, 0.15) is 103 Å². The quantitative estimate of drug-likeness (QED) is 0.204. The van der Waals surface area contributed by atoms with E-state index < -0.39 is 0 Å². The van der Waals surface area contributed by atoms with E-state index in [0.717, 1.165) is 22.6 Å². The molecule has 0 atom stereocenters. The van der Waals surface area contributed by atoms with E-state index in [9.17, 15) is 5.11 Å². The normalized spacial score (nSPS) is 11.2. The number of hydrogen-bond acceptors (Lipinski definition) is 3. The van der Waals surface area contributed by atoms with Crippen molar-refractivity contribution in [2.24, 2.45) is 0 Å². The zero-order valence-corrected chi connectivity index (χ0v) is 19.7. The predicted octanol–water partition coefficient (Wildman–Crippen LogP) is 8.86. The first-order valence-corrected chi connectivity index (χ1v) is 13.3. The minimum atomic E-state index is 0.525. The number of benzene rings is 1. The van der Waals surface area contributed by atoms with Crippen molar-refractivity contribution in [3.05, 3.63) is 17.7 Å². The SMILES string of the molecule is CCCCCCCCSc1cc(CC)c(O)c(SCCCCCCCC)c1. The van der Waals surface area contributed by atoms with Crippen LogP contribution in [0.25, 0.3) is 0 Å². The van der Waals surface area contributed by atoms with Gasteiger partial charge in [0.1, 0.15) is 5.75 Å². The third-order valence-electron chi connectivity index (χ3n) is 5.03. The van der Waals surface area contributed by atoms with Crippen LogP contribution in [0.4, 0.5) is 0 Å². The lowest BCUT2D eigenvalue weighted by atomic mass is 10.1. The minimum Gasteiger partial charge on any atom is -0.506 e. The molecule has 0 fully saturated rings. The lowest BCUT2D eigenvalue weighted by molar-refractivity contribution is 0.455. The standard InChI is InChI=1S/C24H42OS2/c1-4-7-9-11-13-15-17-26-22-19-21(6-3)24(25)23(20-22)27-18-16-14-12-10-8-5-2/h19-20,25H,4-18H2,1-3H3. The van der Waals surface area contributed by atoms with Crippen LogP contribution in [0.15, 0.2) is 21.9 Å². The van der Waals surface area contributed by atoms with Crippen molar-refractivity contribution in [3.8, 4) is 5.75 Å². The number of thioether (sulfide) groups is 2. The van der Waals surface area contributed by atoms with Gasteiger partial charge in [-0.2, -0.15) is 0 Å². The maximum Gasteiger partial charge on any atom is 0.132 e. The lowest BCUT2D eigenvalue weighted by Gasteiger charge is -2.12. The molecule has 0 saturated carbocycles. The summed E-state index contributed by atoms with van der Waals surface area (Å²) in [6, 6.07) is 4.42. The lowest BCUT2D eigenvalue weighted by Crippen LogP contribution is -1.90. The van der Waals surface area contributed by atoms with E-state index in [1.165, 1.54) is 87.7 Å². The van der Waals surface area contributed by atoms with Gasteiger partial charge in [-0.1, -0.05) is 85.0 Å². The van der Waals surface area contributed by atoms with Crippen molar-refractivity contribution >= 4 is 23.5 Å². The first kappa shape index (κ1) is 24.8. The fourth-order valence-electron chi connectivity index (χ4n) is 3.24. The molecule has 0 aliphatic carbocycles. The smallest absolute Gasteiger partial charge is 0.132 e. The van der Waals surface area contributed by atoms with Gasteiger partial charge in [0, 0.05) is 4.90 Å². The molecule has 0 radical (unpaired) electrons. The number of aromatic hydroxyl groups is 1. The Bertz CT molecular complexity index is 488. The Hall–Kier alpha value is -0.280. The van der Waals surface area contributed by atoms with Crippen LogP contribution in [-0.2, 0) is 6.42 Å². The van der Waals surface area contributed by atoms with Crippen LogP contribution in [0.3, 0.4) is 0 Å². The van der Waals surface area contributed by atoms with E-state index in [-0.39, 0.29) is 0 Å². The van der Waals surface area contributed by atoms with E-state index in [1.807, 2.05) is 23.5 Å². The van der Waals surface area contributed by atoms with Gasteiger partial charge in [0.05, 0.1) is 4.90 Å². The third-order valence-corrected chi connectivity index (χ3v) is 7.21.